The van der Waals surface area contributed by atoms with Gasteiger partial charge in [0.05, 0.1) is 18.9 Å². The van der Waals surface area contributed by atoms with E-state index in [0.717, 1.165) is 49.3 Å². The van der Waals surface area contributed by atoms with Crippen LogP contribution in [-0.4, -0.2) is 60.1 Å². The Morgan fingerprint density at radius 3 is 2.87 bits per heavy atom. The second kappa shape index (κ2) is 11.1. The van der Waals surface area contributed by atoms with Gasteiger partial charge in [-0.05, 0) is 62.4 Å². The Kier molecular flexibility index (Phi) is 8.00. The highest BCUT2D eigenvalue weighted by Crippen LogP contribution is 2.29. The van der Waals surface area contributed by atoms with E-state index in [2.05, 4.69) is 41.1 Å². The molecule has 5 nitrogen and oxygen atoms in total. The quantitative estimate of drug-likeness (QED) is 0.428. The van der Waals surface area contributed by atoms with Crippen LogP contribution in [0.15, 0.2) is 41.7 Å². The van der Waals surface area contributed by atoms with E-state index in [9.17, 15) is 0 Å². The van der Waals surface area contributed by atoms with Gasteiger partial charge in [0.25, 0.3) is 0 Å². The van der Waals surface area contributed by atoms with Gasteiger partial charge in [-0.3, -0.25) is 4.90 Å². The lowest BCUT2D eigenvalue weighted by atomic mass is 9.92. The van der Waals surface area contributed by atoms with Gasteiger partial charge in [0, 0.05) is 37.6 Å². The first kappa shape index (κ1) is 22.3. The van der Waals surface area contributed by atoms with Gasteiger partial charge < -0.3 is 9.47 Å². The average Bonchev–Trinajstić information content (AvgIpc) is 3.33. The van der Waals surface area contributed by atoms with Crippen LogP contribution in [0.3, 0.4) is 0 Å². The molecule has 0 N–H and O–H groups in total. The Hall–Kier alpha value is -1.89. The minimum absolute atomic E-state index is 0.362. The monoisotopic (exact) mass is 439 g/mol. The third-order valence-electron chi connectivity index (χ3n) is 6.09. The lowest BCUT2D eigenvalue weighted by molar-refractivity contribution is 0.129. The largest absolute Gasteiger partial charge is 0.497 e. The number of rotatable bonds is 8. The van der Waals surface area contributed by atoms with Gasteiger partial charge in [-0.15, -0.1) is 0 Å². The number of aromatic nitrogens is 2. The summed E-state index contributed by atoms with van der Waals surface area (Å²) in [5.41, 5.74) is 3.64. The summed E-state index contributed by atoms with van der Waals surface area (Å²) in [6.07, 6.45) is 11.6. The van der Waals surface area contributed by atoms with Crippen LogP contribution in [0, 0.1) is 6.92 Å². The molecule has 166 valence electrons. The summed E-state index contributed by atoms with van der Waals surface area (Å²) in [7, 11) is 1.70. The van der Waals surface area contributed by atoms with E-state index in [1.165, 1.54) is 36.1 Å². The number of piperidine rings is 1. The number of hydrogen-bond acceptors (Lipinski definition) is 6. The van der Waals surface area contributed by atoms with Crippen molar-refractivity contribution in [1.82, 2.24) is 14.9 Å². The van der Waals surface area contributed by atoms with Gasteiger partial charge in [-0.1, -0.05) is 36.0 Å². The Morgan fingerprint density at radius 1 is 1.23 bits per heavy atom. The Bertz CT molecular complexity index is 866. The van der Waals surface area contributed by atoms with Crippen LogP contribution in [-0.2, 0) is 4.74 Å². The van der Waals surface area contributed by atoms with Crippen LogP contribution in [0.5, 0.6) is 5.75 Å². The van der Waals surface area contributed by atoms with Crippen LogP contribution in [0.2, 0.25) is 0 Å². The van der Waals surface area contributed by atoms with Crippen LogP contribution >= 0.6 is 11.8 Å². The fraction of sp³-hybridized carbons (Fsp3) is 0.520. The molecule has 2 fully saturated rings. The molecule has 0 amide bonds. The summed E-state index contributed by atoms with van der Waals surface area (Å²) < 4.78 is 11.0. The zero-order valence-electron chi connectivity index (χ0n) is 18.6. The number of ether oxygens (including phenoxy) is 2. The summed E-state index contributed by atoms with van der Waals surface area (Å²) >= 11 is 1.74. The molecule has 0 aliphatic carbocycles. The standard InChI is InChI=1S/C25H33N3O2S/c1-19-16-26-25(31-18-23-8-5-15-30-23)27-24(19)21-7-4-14-28(17-21)13-3-6-20-9-11-22(29-2)12-10-20/h3,6,9-12,16,21,23H,4-5,7-8,13-15,17-18H2,1-2H3. The molecular weight excluding hydrogens is 406 g/mol. The number of nitrogens with zero attached hydrogens (tertiary/aromatic N) is 3. The van der Waals surface area contributed by atoms with Crippen molar-refractivity contribution >= 4 is 17.8 Å². The first-order valence-electron chi connectivity index (χ1n) is 11.3. The van der Waals surface area contributed by atoms with Crippen molar-refractivity contribution in [2.45, 2.75) is 49.8 Å². The van der Waals surface area contributed by atoms with Crippen LogP contribution < -0.4 is 4.74 Å². The van der Waals surface area contributed by atoms with Crippen molar-refractivity contribution in [3.63, 3.8) is 0 Å². The molecule has 2 aliphatic rings. The number of hydrogen-bond donors (Lipinski definition) is 0. The number of thioether (sulfide) groups is 1. The minimum Gasteiger partial charge on any atom is -0.497 e. The molecule has 2 unspecified atom stereocenters. The molecule has 0 spiro atoms. The molecular formula is C25H33N3O2S. The average molecular weight is 440 g/mol. The molecule has 2 aliphatic heterocycles. The van der Waals surface area contributed by atoms with Crippen molar-refractivity contribution in [3.05, 3.63) is 53.4 Å². The molecule has 3 heterocycles. The third kappa shape index (κ3) is 6.31. The van der Waals surface area contributed by atoms with E-state index in [1.807, 2.05) is 18.3 Å². The molecule has 0 radical (unpaired) electrons. The fourth-order valence-electron chi connectivity index (χ4n) is 4.36. The Morgan fingerprint density at radius 2 is 2.10 bits per heavy atom. The molecule has 0 saturated carbocycles. The number of methoxy groups -OCH3 is 1. The lowest BCUT2D eigenvalue weighted by Gasteiger charge is -2.32. The zero-order valence-corrected chi connectivity index (χ0v) is 19.4. The van der Waals surface area contributed by atoms with Crippen LogP contribution in [0.4, 0.5) is 0 Å². The van der Waals surface area contributed by atoms with Gasteiger partial charge in [-0.2, -0.15) is 0 Å². The van der Waals surface area contributed by atoms with E-state index < -0.39 is 0 Å². The van der Waals surface area contributed by atoms with E-state index >= 15 is 0 Å². The maximum absolute atomic E-state index is 5.74. The molecule has 6 heteroatoms. The molecule has 2 saturated heterocycles. The summed E-state index contributed by atoms with van der Waals surface area (Å²) in [6, 6.07) is 8.19. The molecule has 1 aromatic heterocycles. The second-order valence-corrected chi connectivity index (χ2v) is 9.43. The van der Waals surface area contributed by atoms with Gasteiger partial charge in [-0.25, -0.2) is 9.97 Å². The maximum atomic E-state index is 5.74. The summed E-state index contributed by atoms with van der Waals surface area (Å²) in [4.78, 5) is 12.1. The van der Waals surface area contributed by atoms with Crippen molar-refractivity contribution in [1.29, 1.82) is 0 Å². The number of benzene rings is 1. The number of likely N-dealkylation sites (tertiary alicyclic amines) is 1. The predicted molar refractivity (Wildman–Crippen MR) is 127 cm³/mol. The summed E-state index contributed by atoms with van der Waals surface area (Å²) in [5.74, 6) is 2.33. The van der Waals surface area contributed by atoms with Crippen molar-refractivity contribution in [2.75, 3.05) is 39.1 Å². The summed E-state index contributed by atoms with van der Waals surface area (Å²) in [6.45, 7) is 6.21. The molecule has 2 aromatic rings. The van der Waals surface area contributed by atoms with E-state index in [4.69, 9.17) is 14.5 Å². The smallest absolute Gasteiger partial charge is 0.187 e. The SMILES string of the molecule is COc1ccc(C=CCN2CCCC(c3nc(SCC4CCCO4)ncc3C)C2)cc1. The van der Waals surface area contributed by atoms with E-state index in [1.54, 1.807) is 18.9 Å². The first-order chi connectivity index (χ1) is 15.2. The van der Waals surface area contributed by atoms with Crippen LogP contribution in [0.1, 0.15) is 48.4 Å². The topological polar surface area (TPSA) is 47.5 Å². The zero-order chi connectivity index (χ0) is 21.5. The molecule has 31 heavy (non-hydrogen) atoms. The fourth-order valence-corrected chi connectivity index (χ4v) is 5.25. The molecule has 2 atom stereocenters. The van der Waals surface area contributed by atoms with Gasteiger partial charge in [0.2, 0.25) is 0 Å². The van der Waals surface area contributed by atoms with Gasteiger partial charge in [0.15, 0.2) is 5.16 Å². The first-order valence-corrected chi connectivity index (χ1v) is 12.3. The van der Waals surface area contributed by atoms with Crippen molar-refractivity contribution < 1.29 is 9.47 Å². The highest BCUT2D eigenvalue weighted by atomic mass is 32.2. The predicted octanol–water partition coefficient (Wildman–Crippen LogP) is 4.96. The minimum atomic E-state index is 0.362. The van der Waals surface area contributed by atoms with Crippen molar-refractivity contribution in [2.24, 2.45) is 0 Å². The maximum Gasteiger partial charge on any atom is 0.187 e. The van der Waals surface area contributed by atoms with Gasteiger partial charge >= 0.3 is 0 Å². The highest BCUT2D eigenvalue weighted by molar-refractivity contribution is 7.99. The number of aryl methyl sites for hydroxylation is 1. The molecule has 4 rings (SSSR count). The second-order valence-electron chi connectivity index (χ2n) is 8.44. The molecule has 1 aromatic carbocycles. The van der Waals surface area contributed by atoms with Crippen LogP contribution in [0.25, 0.3) is 6.08 Å². The highest BCUT2D eigenvalue weighted by Gasteiger charge is 2.24. The lowest BCUT2D eigenvalue weighted by Crippen LogP contribution is -2.35. The van der Waals surface area contributed by atoms with E-state index in [-0.39, 0.29) is 0 Å². The normalized spacial score (nSPS) is 22.3. The summed E-state index contributed by atoms with van der Waals surface area (Å²) in [5, 5.41) is 0.896. The Labute approximate surface area is 190 Å². The molecule has 0 bridgehead atoms. The van der Waals surface area contributed by atoms with Gasteiger partial charge in [0.1, 0.15) is 5.75 Å². The van der Waals surface area contributed by atoms with E-state index in [0.29, 0.717) is 12.0 Å². The third-order valence-corrected chi connectivity index (χ3v) is 7.09. The Balaban J connectivity index is 1.33. The van der Waals surface area contributed by atoms with Crippen molar-refractivity contribution in [3.8, 4) is 5.75 Å².